The third-order valence-corrected chi connectivity index (χ3v) is 2.91. The number of hydrogen-bond donors (Lipinski definition) is 1. The molecule has 0 radical (unpaired) electrons. The van der Waals surface area contributed by atoms with Crippen molar-refractivity contribution in [2.45, 2.75) is 51.7 Å². The molecule has 0 aromatic heterocycles. The van der Waals surface area contributed by atoms with Gasteiger partial charge >= 0.3 is 0 Å². The van der Waals surface area contributed by atoms with E-state index in [4.69, 9.17) is 0 Å². The number of carbonyl (C=O) groups excluding carboxylic acids is 1. The van der Waals surface area contributed by atoms with E-state index in [1.807, 2.05) is 4.90 Å². The van der Waals surface area contributed by atoms with Crippen molar-refractivity contribution in [3.05, 3.63) is 12.7 Å². The van der Waals surface area contributed by atoms with E-state index in [0.29, 0.717) is 18.1 Å². The van der Waals surface area contributed by atoms with Crippen molar-refractivity contribution >= 4 is 5.91 Å². The first-order chi connectivity index (χ1) is 7.04. The second-order valence-electron chi connectivity index (χ2n) is 4.64. The van der Waals surface area contributed by atoms with Gasteiger partial charge in [-0.15, -0.1) is 0 Å². The highest BCUT2D eigenvalue weighted by Crippen LogP contribution is 2.17. The first-order valence-corrected chi connectivity index (χ1v) is 5.73. The zero-order chi connectivity index (χ0) is 11.4. The fraction of sp³-hybridized carbons (Fsp3) is 0.750. The Morgan fingerprint density at radius 1 is 1.53 bits per heavy atom. The van der Waals surface area contributed by atoms with Gasteiger partial charge in [0.25, 0.3) is 0 Å². The molecule has 0 aromatic carbocycles. The van der Waals surface area contributed by atoms with Crippen LogP contribution in [0.15, 0.2) is 12.7 Å². The van der Waals surface area contributed by atoms with Gasteiger partial charge in [0, 0.05) is 24.7 Å². The van der Waals surface area contributed by atoms with Crippen LogP contribution in [0, 0.1) is 0 Å². The second-order valence-corrected chi connectivity index (χ2v) is 4.64. The second kappa shape index (κ2) is 5.31. The maximum Gasteiger partial charge on any atom is 0.246 e. The number of amides is 1. The Morgan fingerprint density at radius 3 is 2.73 bits per heavy atom. The van der Waals surface area contributed by atoms with Crippen LogP contribution in [0.3, 0.4) is 0 Å². The topological polar surface area (TPSA) is 32.3 Å². The molecule has 3 heteroatoms. The molecular formula is C12H22N2O. The molecule has 1 rings (SSSR count). The number of likely N-dealkylation sites (tertiary alicyclic amines) is 1. The van der Waals surface area contributed by atoms with Gasteiger partial charge in [0.2, 0.25) is 5.91 Å². The monoisotopic (exact) mass is 210 g/mol. The van der Waals surface area contributed by atoms with Crippen molar-refractivity contribution in [3.63, 3.8) is 0 Å². The Hall–Kier alpha value is -0.830. The van der Waals surface area contributed by atoms with Crippen molar-refractivity contribution in [2.75, 3.05) is 6.54 Å². The van der Waals surface area contributed by atoms with Gasteiger partial charge in [-0.25, -0.2) is 0 Å². The number of hydrogen-bond acceptors (Lipinski definition) is 2. The van der Waals surface area contributed by atoms with Crippen LogP contribution in [0.4, 0.5) is 0 Å². The number of piperidine rings is 1. The molecule has 1 fully saturated rings. The smallest absolute Gasteiger partial charge is 0.246 e. The average Bonchev–Trinajstić information content (AvgIpc) is 2.19. The maximum atomic E-state index is 11.6. The van der Waals surface area contributed by atoms with Crippen molar-refractivity contribution in [1.29, 1.82) is 0 Å². The fourth-order valence-corrected chi connectivity index (χ4v) is 2.14. The number of rotatable bonds is 3. The average molecular weight is 210 g/mol. The molecule has 1 amide bonds. The fourth-order valence-electron chi connectivity index (χ4n) is 2.14. The minimum absolute atomic E-state index is 0.0535. The van der Waals surface area contributed by atoms with Crippen LogP contribution in [-0.4, -0.2) is 35.5 Å². The summed E-state index contributed by atoms with van der Waals surface area (Å²) >= 11 is 0. The van der Waals surface area contributed by atoms with Crippen LogP contribution >= 0.6 is 0 Å². The highest BCUT2D eigenvalue weighted by atomic mass is 16.2. The van der Waals surface area contributed by atoms with E-state index >= 15 is 0 Å². The number of nitrogens with one attached hydrogen (secondary N) is 1. The minimum Gasteiger partial charge on any atom is -0.335 e. The number of carbonyl (C=O) groups is 1. The molecule has 2 atom stereocenters. The van der Waals surface area contributed by atoms with Crippen LogP contribution in [0.1, 0.15) is 33.6 Å². The largest absolute Gasteiger partial charge is 0.335 e. The third-order valence-electron chi connectivity index (χ3n) is 2.91. The molecule has 1 aliphatic rings. The Labute approximate surface area is 92.5 Å². The van der Waals surface area contributed by atoms with Crippen LogP contribution in [0.5, 0.6) is 0 Å². The molecule has 0 saturated carbocycles. The highest BCUT2D eigenvalue weighted by Gasteiger charge is 2.27. The first kappa shape index (κ1) is 12.2. The quantitative estimate of drug-likeness (QED) is 0.717. The summed E-state index contributed by atoms with van der Waals surface area (Å²) in [6, 6.07) is 1.26. The van der Waals surface area contributed by atoms with Gasteiger partial charge in [-0.2, -0.15) is 0 Å². The lowest BCUT2D eigenvalue weighted by Crippen LogP contribution is -2.52. The molecule has 0 aromatic rings. The van der Waals surface area contributed by atoms with Crippen molar-refractivity contribution in [2.24, 2.45) is 0 Å². The molecule has 15 heavy (non-hydrogen) atoms. The van der Waals surface area contributed by atoms with Crippen molar-refractivity contribution < 1.29 is 4.79 Å². The zero-order valence-corrected chi connectivity index (χ0v) is 9.99. The summed E-state index contributed by atoms with van der Waals surface area (Å²) in [7, 11) is 0. The number of nitrogens with zero attached hydrogens (tertiary/aromatic N) is 1. The minimum atomic E-state index is 0.0535. The molecule has 1 heterocycles. The standard InChI is InChI=1S/C12H22N2O/c1-5-12(15)14-8-11(13-9(2)3)7-6-10(14)4/h5,9-11,13H,1,6-8H2,2-4H3/t10-,11+/m1/s1. The Balaban J connectivity index is 2.55. The van der Waals surface area contributed by atoms with Crippen LogP contribution < -0.4 is 5.32 Å². The molecule has 1 aliphatic heterocycles. The van der Waals surface area contributed by atoms with Gasteiger partial charge < -0.3 is 10.2 Å². The van der Waals surface area contributed by atoms with Gasteiger partial charge in [-0.1, -0.05) is 20.4 Å². The summed E-state index contributed by atoms with van der Waals surface area (Å²) < 4.78 is 0. The van der Waals surface area contributed by atoms with Crippen LogP contribution in [0.2, 0.25) is 0 Å². The molecule has 0 bridgehead atoms. The third kappa shape index (κ3) is 3.34. The predicted octanol–water partition coefficient (Wildman–Crippen LogP) is 1.55. The summed E-state index contributed by atoms with van der Waals surface area (Å²) in [5, 5.41) is 3.48. The summed E-state index contributed by atoms with van der Waals surface area (Å²) in [4.78, 5) is 13.5. The maximum absolute atomic E-state index is 11.6. The summed E-state index contributed by atoms with van der Waals surface area (Å²) in [6.45, 7) is 10.7. The first-order valence-electron chi connectivity index (χ1n) is 5.73. The molecule has 1 N–H and O–H groups in total. The lowest BCUT2D eigenvalue weighted by molar-refractivity contribution is -0.129. The molecule has 1 saturated heterocycles. The SMILES string of the molecule is C=CC(=O)N1C[C@@H](NC(C)C)CC[C@H]1C. The predicted molar refractivity (Wildman–Crippen MR) is 62.7 cm³/mol. The van der Waals surface area contributed by atoms with E-state index in [1.165, 1.54) is 6.08 Å². The van der Waals surface area contributed by atoms with E-state index in [9.17, 15) is 4.79 Å². The van der Waals surface area contributed by atoms with Crippen LogP contribution in [-0.2, 0) is 4.79 Å². The molecule has 86 valence electrons. The van der Waals surface area contributed by atoms with E-state index in [-0.39, 0.29) is 5.91 Å². The Kier molecular flexibility index (Phi) is 4.33. The zero-order valence-electron chi connectivity index (χ0n) is 9.99. The van der Waals surface area contributed by atoms with Gasteiger partial charge in [0.1, 0.15) is 0 Å². The van der Waals surface area contributed by atoms with E-state index in [0.717, 1.165) is 19.4 Å². The van der Waals surface area contributed by atoms with Gasteiger partial charge in [-0.05, 0) is 25.8 Å². The van der Waals surface area contributed by atoms with Gasteiger partial charge in [0.05, 0.1) is 0 Å². The van der Waals surface area contributed by atoms with Crippen LogP contribution in [0.25, 0.3) is 0 Å². The van der Waals surface area contributed by atoms with E-state index < -0.39 is 0 Å². The molecule has 0 unspecified atom stereocenters. The van der Waals surface area contributed by atoms with Crippen molar-refractivity contribution in [3.8, 4) is 0 Å². The molecule has 0 aliphatic carbocycles. The van der Waals surface area contributed by atoms with Crippen molar-refractivity contribution in [1.82, 2.24) is 10.2 Å². The van der Waals surface area contributed by atoms with Gasteiger partial charge in [-0.3, -0.25) is 4.79 Å². The van der Waals surface area contributed by atoms with E-state index in [2.05, 4.69) is 32.7 Å². The van der Waals surface area contributed by atoms with Gasteiger partial charge in [0.15, 0.2) is 0 Å². The summed E-state index contributed by atoms with van der Waals surface area (Å²) in [5.41, 5.74) is 0. The lowest BCUT2D eigenvalue weighted by Gasteiger charge is -2.38. The Morgan fingerprint density at radius 2 is 2.20 bits per heavy atom. The Bertz CT molecular complexity index is 238. The molecule has 0 spiro atoms. The molecule has 3 nitrogen and oxygen atoms in total. The summed E-state index contributed by atoms with van der Waals surface area (Å²) in [5.74, 6) is 0.0535. The normalized spacial score (nSPS) is 26.8. The molecular weight excluding hydrogens is 188 g/mol. The highest BCUT2D eigenvalue weighted by molar-refractivity contribution is 5.87. The van der Waals surface area contributed by atoms with E-state index in [1.54, 1.807) is 0 Å². The lowest BCUT2D eigenvalue weighted by atomic mass is 9.98. The summed E-state index contributed by atoms with van der Waals surface area (Å²) in [6.07, 6.45) is 3.64.